The predicted octanol–water partition coefficient (Wildman–Crippen LogP) is 2.98. The molecule has 0 amide bonds. The van der Waals surface area contributed by atoms with Crippen LogP contribution in [0.5, 0.6) is 5.75 Å². The van der Waals surface area contributed by atoms with Gasteiger partial charge in [0, 0.05) is 12.0 Å². The van der Waals surface area contributed by atoms with E-state index in [1.165, 1.54) is 18.2 Å². The van der Waals surface area contributed by atoms with Gasteiger partial charge in [-0.1, -0.05) is 0 Å². The van der Waals surface area contributed by atoms with Gasteiger partial charge in [-0.3, -0.25) is 0 Å². The van der Waals surface area contributed by atoms with Crippen molar-refractivity contribution in [2.24, 2.45) is 0 Å². The average Bonchev–Trinajstić information content (AvgIpc) is 2.42. The fraction of sp³-hybridized carbons (Fsp3) is 0.333. The Kier molecular flexibility index (Phi) is 2.36. The smallest absolute Gasteiger partial charge is 0.481 e. The highest BCUT2D eigenvalue weighted by Gasteiger charge is 2.32. The highest BCUT2D eigenvalue weighted by Crippen LogP contribution is 2.33. The van der Waals surface area contributed by atoms with Crippen molar-refractivity contribution in [2.75, 3.05) is 0 Å². The van der Waals surface area contributed by atoms with Crippen LogP contribution in [0.1, 0.15) is 5.56 Å². The SMILES string of the molecule is Fc1ccc2c(c1)CC(C[B-](F)(F)F)O2. The predicted molar refractivity (Wildman–Crippen MR) is 48.4 cm³/mol. The molecule has 0 aromatic heterocycles. The molecule has 1 nitrogen and oxygen atoms in total. The second kappa shape index (κ2) is 3.43. The Labute approximate surface area is 84.1 Å². The lowest BCUT2D eigenvalue weighted by molar-refractivity contribution is 0.239. The van der Waals surface area contributed by atoms with Crippen molar-refractivity contribution in [1.29, 1.82) is 0 Å². The molecule has 0 fully saturated rings. The summed E-state index contributed by atoms with van der Waals surface area (Å²) in [4.78, 5) is 0. The molecule has 1 aromatic rings. The summed E-state index contributed by atoms with van der Waals surface area (Å²) in [7, 11) is 0. The molecule has 0 spiro atoms. The molecule has 0 aliphatic carbocycles. The quantitative estimate of drug-likeness (QED) is 0.548. The maximum absolute atomic E-state index is 12.8. The Morgan fingerprint density at radius 2 is 2.07 bits per heavy atom. The third kappa shape index (κ3) is 2.43. The summed E-state index contributed by atoms with van der Waals surface area (Å²) in [6.45, 7) is -4.85. The molecule has 2 rings (SSSR count). The number of halogens is 4. The normalized spacial score (nSPS) is 19.9. The standard InChI is InChI=1S/C9H8BF4O/c11-7-1-2-9-6(3-7)4-8(15-9)5-10(12,13)14/h1-3,8H,4-5H2/q-1. The summed E-state index contributed by atoms with van der Waals surface area (Å²) in [5.41, 5.74) is 0.514. The van der Waals surface area contributed by atoms with E-state index in [1.807, 2.05) is 0 Å². The molecule has 1 atom stereocenters. The Balaban J connectivity index is 2.09. The van der Waals surface area contributed by atoms with Crippen LogP contribution < -0.4 is 4.74 Å². The van der Waals surface area contributed by atoms with Crippen molar-refractivity contribution < 1.29 is 22.1 Å². The summed E-state index contributed by atoms with van der Waals surface area (Å²) >= 11 is 0. The van der Waals surface area contributed by atoms with E-state index in [2.05, 4.69) is 0 Å². The summed E-state index contributed by atoms with van der Waals surface area (Å²) in [5, 5.41) is 0. The molecule has 1 aromatic carbocycles. The molecular weight excluding hydrogens is 211 g/mol. The summed E-state index contributed by atoms with van der Waals surface area (Å²) in [5.74, 6) is -0.0861. The van der Waals surface area contributed by atoms with Gasteiger partial charge in [-0.25, -0.2) is 4.39 Å². The number of ether oxygens (including phenoxy) is 1. The first-order valence-electron chi connectivity index (χ1n) is 4.60. The molecule has 0 saturated carbocycles. The number of fused-ring (bicyclic) bond motifs is 1. The first-order chi connectivity index (χ1) is 6.94. The van der Waals surface area contributed by atoms with E-state index in [4.69, 9.17) is 4.74 Å². The molecule has 15 heavy (non-hydrogen) atoms. The van der Waals surface area contributed by atoms with E-state index < -0.39 is 25.2 Å². The van der Waals surface area contributed by atoms with Crippen molar-refractivity contribution in [3.8, 4) is 5.75 Å². The monoisotopic (exact) mass is 219 g/mol. The molecule has 1 aliphatic rings. The van der Waals surface area contributed by atoms with Gasteiger partial charge in [-0.05, 0) is 24.5 Å². The Morgan fingerprint density at radius 1 is 1.33 bits per heavy atom. The molecule has 1 heterocycles. The maximum atomic E-state index is 12.8. The topological polar surface area (TPSA) is 9.23 Å². The third-order valence-corrected chi connectivity index (χ3v) is 2.29. The lowest BCUT2D eigenvalue weighted by Crippen LogP contribution is -2.26. The number of hydrogen-bond acceptors (Lipinski definition) is 1. The van der Waals surface area contributed by atoms with Gasteiger partial charge in [0.1, 0.15) is 11.6 Å². The Morgan fingerprint density at radius 3 is 2.73 bits per heavy atom. The van der Waals surface area contributed by atoms with Gasteiger partial charge >= 0.3 is 6.98 Å². The van der Waals surface area contributed by atoms with E-state index in [9.17, 15) is 17.3 Å². The van der Waals surface area contributed by atoms with Crippen LogP contribution in [0.25, 0.3) is 0 Å². The number of benzene rings is 1. The van der Waals surface area contributed by atoms with Crippen LogP contribution in [0.2, 0.25) is 6.32 Å². The number of hydrogen-bond donors (Lipinski definition) is 0. The van der Waals surface area contributed by atoms with Crippen molar-refractivity contribution in [3.05, 3.63) is 29.6 Å². The molecule has 0 radical (unpaired) electrons. The highest BCUT2D eigenvalue weighted by molar-refractivity contribution is 6.58. The molecule has 1 aliphatic heterocycles. The molecule has 0 N–H and O–H groups in total. The first-order valence-corrected chi connectivity index (χ1v) is 4.60. The van der Waals surface area contributed by atoms with E-state index in [0.29, 0.717) is 11.3 Å². The molecule has 6 heteroatoms. The van der Waals surface area contributed by atoms with Crippen LogP contribution in [0.4, 0.5) is 17.3 Å². The lowest BCUT2D eigenvalue weighted by Gasteiger charge is -2.18. The molecular formula is C9H8BF4O-. The first kappa shape index (κ1) is 10.3. The van der Waals surface area contributed by atoms with Crippen molar-refractivity contribution in [3.63, 3.8) is 0 Å². The highest BCUT2D eigenvalue weighted by atomic mass is 19.4. The minimum atomic E-state index is -4.85. The fourth-order valence-corrected chi connectivity index (χ4v) is 1.72. The molecule has 0 bridgehead atoms. The van der Waals surface area contributed by atoms with Crippen LogP contribution >= 0.6 is 0 Å². The van der Waals surface area contributed by atoms with Crippen LogP contribution in [-0.4, -0.2) is 13.1 Å². The van der Waals surface area contributed by atoms with Gasteiger partial charge < -0.3 is 17.7 Å². The fourth-order valence-electron chi connectivity index (χ4n) is 1.72. The number of rotatable bonds is 2. The van der Waals surface area contributed by atoms with E-state index in [0.717, 1.165) is 0 Å². The minimum Gasteiger partial charge on any atom is -0.493 e. The second-order valence-electron chi connectivity index (χ2n) is 3.64. The van der Waals surface area contributed by atoms with Crippen molar-refractivity contribution in [1.82, 2.24) is 0 Å². The van der Waals surface area contributed by atoms with Gasteiger partial charge in [0.15, 0.2) is 0 Å². The van der Waals surface area contributed by atoms with Gasteiger partial charge in [-0.2, -0.15) is 0 Å². The van der Waals surface area contributed by atoms with E-state index in [-0.39, 0.29) is 6.42 Å². The molecule has 1 unspecified atom stereocenters. The van der Waals surface area contributed by atoms with Gasteiger partial charge in [0.05, 0.1) is 6.10 Å². The zero-order valence-corrected chi connectivity index (χ0v) is 7.72. The van der Waals surface area contributed by atoms with Gasteiger partial charge in [0.2, 0.25) is 0 Å². The third-order valence-electron chi connectivity index (χ3n) is 2.29. The van der Waals surface area contributed by atoms with Crippen LogP contribution in [0.3, 0.4) is 0 Å². The molecule has 82 valence electrons. The van der Waals surface area contributed by atoms with Gasteiger partial charge in [-0.15, -0.1) is 0 Å². The van der Waals surface area contributed by atoms with Crippen LogP contribution in [0, 0.1) is 5.82 Å². The summed E-state index contributed by atoms with van der Waals surface area (Å²) in [6, 6.07) is 3.77. The van der Waals surface area contributed by atoms with E-state index >= 15 is 0 Å². The van der Waals surface area contributed by atoms with Crippen molar-refractivity contribution in [2.45, 2.75) is 18.8 Å². The van der Waals surface area contributed by atoms with Gasteiger partial charge in [0.25, 0.3) is 0 Å². The Hall–Kier alpha value is -1.20. The van der Waals surface area contributed by atoms with E-state index in [1.54, 1.807) is 0 Å². The largest absolute Gasteiger partial charge is 0.493 e. The Bertz CT molecular complexity index is 377. The lowest BCUT2D eigenvalue weighted by atomic mass is 9.82. The minimum absolute atomic E-state index is 0.133. The summed E-state index contributed by atoms with van der Waals surface area (Å²) < 4.78 is 54.2. The maximum Gasteiger partial charge on any atom is 0.481 e. The van der Waals surface area contributed by atoms with Crippen molar-refractivity contribution >= 4 is 6.98 Å². The molecule has 0 saturated heterocycles. The second-order valence-corrected chi connectivity index (χ2v) is 3.64. The zero-order valence-electron chi connectivity index (χ0n) is 7.72. The zero-order chi connectivity index (χ0) is 11.1. The van der Waals surface area contributed by atoms with Crippen LogP contribution in [-0.2, 0) is 6.42 Å². The summed E-state index contributed by atoms with van der Waals surface area (Å²) in [6.07, 6.45) is -1.69. The van der Waals surface area contributed by atoms with Crippen LogP contribution in [0.15, 0.2) is 18.2 Å². The average molecular weight is 219 g/mol.